The van der Waals surface area contributed by atoms with E-state index in [4.69, 9.17) is 10.00 Å². The maximum absolute atomic E-state index is 12.0. The fraction of sp³-hybridized carbons (Fsp3) is 0.500. The molecular weight excluding hydrogens is 238 g/mol. The summed E-state index contributed by atoms with van der Waals surface area (Å²) in [4.78, 5) is 12.0. The number of nitrogens with zero attached hydrogens (tertiary/aromatic N) is 1. The lowest BCUT2D eigenvalue weighted by atomic mass is 9.91. The first-order chi connectivity index (χ1) is 9.06. The van der Waals surface area contributed by atoms with Gasteiger partial charge in [-0.3, -0.25) is 4.79 Å². The number of carbonyl (C=O) groups is 1. The van der Waals surface area contributed by atoms with Crippen LogP contribution in [0, 0.1) is 23.2 Å². The Morgan fingerprint density at radius 1 is 1.32 bits per heavy atom. The van der Waals surface area contributed by atoms with Gasteiger partial charge in [0.2, 0.25) is 0 Å². The molecule has 0 radical (unpaired) electrons. The minimum Gasteiger partial charge on any atom is -0.497 e. The molecule has 19 heavy (non-hydrogen) atoms. The average Bonchev–Trinajstić information content (AvgIpc) is 2.42. The summed E-state index contributed by atoms with van der Waals surface area (Å²) in [5.74, 6) is 0.768. The van der Waals surface area contributed by atoms with Crippen molar-refractivity contribution >= 4 is 5.78 Å². The second-order valence-electron chi connectivity index (χ2n) is 5.13. The molecule has 0 N–H and O–H groups in total. The van der Waals surface area contributed by atoms with Gasteiger partial charge in [0.25, 0.3) is 0 Å². The molecule has 0 fully saturated rings. The Bertz CT molecular complexity index is 443. The fourth-order valence-corrected chi connectivity index (χ4v) is 1.96. The van der Waals surface area contributed by atoms with Crippen molar-refractivity contribution in [1.82, 2.24) is 0 Å². The van der Waals surface area contributed by atoms with Gasteiger partial charge in [-0.25, -0.2) is 0 Å². The number of nitriles is 1. The fourth-order valence-electron chi connectivity index (χ4n) is 1.96. The summed E-state index contributed by atoms with van der Waals surface area (Å²) in [7, 11) is 1.63. The molecule has 0 heterocycles. The Hall–Kier alpha value is -1.82. The van der Waals surface area contributed by atoms with E-state index in [0.29, 0.717) is 25.2 Å². The molecule has 0 aliphatic rings. The number of rotatable bonds is 7. The van der Waals surface area contributed by atoms with Crippen LogP contribution in [-0.4, -0.2) is 12.9 Å². The summed E-state index contributed by atoms with van der Waals surface area (Å²) in [6.07, 6.45) is 1.76. The van der Waals surface area contributed by atoms with E-state index >= 15 is 0 Å². The third kappa shape index (κ3) is 5.13. The smallest absolute Gasteiger partial charge is 0.150 e. The first kappa shape index (κ1) is 15.2. The zero-order valence-electron chi connectivity index (χ0n) is 11.8. The molecule has 0 saturated carbocycles. The molecule has 0 aliphatic heterocycles. The highest BCUT2D eigenvalue weighted by Crippen LogP contribution is 2.16. The first-order valence-corrected chi connectivity index (χ1v) is 6.62. The number of Topliss-reactive ketones (excluding diaryl/α,β-unsaturated/α-hetero) is 1. The molecule has 3 heteroatoms. The van der Waals surface area contributed by atoms with Crippen LogP contribution in [0.2, 0.25) is 0 Å². The van der Waals surface area contributed by atoms with E-state index in [9.17, 15) is 4.79 Å². The molecule has 0 spiro atoms. The highest BCUT2D eigenvalue weighted by molar-refractivity contribution is 5.83. The topological polar surface area (TPSA) is 50.1 Å². The zero-order chi connectivity index (χ0) is 14.3. The number of methoxy groups -OCH3 is 1. The van der Waals surface area contributed by atoms with Gasteiger partial charge in [0.1, 0.15) is 17.5 Å². The number of benzene rings is 1. The highest BCUT2D eigenvalue weighted by Gasteiger charge is 2.18. The van der Waals surface area contributed by atoms with Crippen molar-refractivity contribution in [2.24, 2.45) is 11.8 Å². The lowest BCUT2D eigenvalue weighted by molar-refractivity contribution is -0.121. The van der Waals surface area contributed by atoms with Crippen molar-refractivity contribution in [1.29, 1.82) is 5.26 Å². The lowest BCUT2D eigenvalue weighted by Gasteiger charge is -2.10. The molecule has 0 saturated heterocycles. The summed E-state index contributed by atoms with van der Waals surface area (Å²) in [5.41, 5.74) is 1.09. The van der Waals surface area contributed by atoms with E-state index in [1.807, 2.05) is 38.1 Å². The second kappa shape index (κ2) is 7.58. The normalized spacial score (nSPS) is 11.9. The van der Waals surface area contributed by atoms with Crippen LogP contribution in [-0.2, 0) is 11.2 Å². The maximum Gasteiger partial charge on any atom is 0.150 e. The molecule has 0 bridgehead atoms. The van der Waals surface area contributed by atoms with E-state index in [1.54, 1.807) is 7.11 Å². The number of aryl methyl sites for hydroxylation is 1. The van der Waals surface area contributed by atoms with Crippen molar-refractivity contribution in [3.8, 4) is 11.8 Å². The SMILES string of the molecule is COc1ccc(CCC(=O)C(C#N)CC(C)C)cc1. The number of ketones is 1. The molecule has 1 unspecified atom stereocenters. The van der Waals surface area contributed by atoms with E-state index in [1.165, 1.54) is 0 Å². The molecule has 0 aromatic heterocycles. The Kier molecular flexibility index (Phi) is 6.08. The molecule has 1 aromatic carbocycles. The molecule has 3 nitrogen and oxygen atoms in total. The number of hydrogen-bond donors (Lipinski definition) is 0. The third-order valence-electron chi connectivity index (χ3n) is 3.07. The van der Waals surface area contributed by atoms with Crippen LogP contribution in [0.25, 0.3) is 0 Å². The van der Waals surface area contributed by atoms with Gasteiger partial charge in [0.15, 0.2) is 0 Å². The van der Waals surface area contributed by atoms with Gasteiger partial charge in [0.05, 0.1) is 13.2 Å². The van der Waals surface area contributed by atoms with Crippen molar-refractivity contribution in [3.05, 3.63) is 29.8 Å². The quantitative estimate of drug-likeness (QED) is 0.754. The van der Waals surface area contributed by atoms with Gasteiger partial charge in [-0.15, -0.1) is 0 Å². The van der Waals surface area contributed by atoms with Gasteiger partial charge in [-0.2, -0.15) is 5.26 Å². The minimum absolute atomic E-state index is 0.0482. The van der Waals surface area contributed by atoms with Crippen LogP contribution in [0.15, 0.2) is 24.3 Å². The Morgan fingerprint density at radius 3 is 2.42 bits per heavy atom. The summed E-state index contributed by atoms with van der Waals surface area (Å²) >= 11 is 0. The van der Waals surface area contributed by atoms with E-state index in [2.05, 4.69) is 6.07 Å². The Morgan fingerprint density at radius 2 is 1.95 bits per heavy atom. The average molecular weight is 259 g/mol. The van der Waals surface area contributed by atoms with E-state index in [0.717, 1.165) is 11.3 Å². The van der Waals surface area contributed by atoms with Crippen LogP contribution in [0.1, 0.15) is 32.3 Å². The second-order valence-corrected chi connectivity index (χ2v) is 5.13. The molecule has 0 amide bonds. The van der Waals surface area contributed by atoms with Crippen LogP contribution < -0.4 is 4.74 Å². The lowest BCUT2D eigenvalue weighted by Crippen LogP contribution is -2.15. The van der Waals surface area contributed by atoms with Crippen LogP contribution in [0.5, 0.6) is 5.75 Å². The predicted octanol–water partition coefficient (Wildman–Crippen LogP) is 3.38. The Labute approximate surface area is 115 Å². The Balaban J connectivity index is 2.50. The van der Waals surface area contributed by atoms with Gasteiger partial charge >= 0.3 is 0 Å². The van der Waals surface area contributed by atoms with Gasteiger partial charge in [0, 0.05) is 6.42 Å². The minimum atomic E-state index is -0.460. The van der Waals surface area contributed by atoms with E-state index in [-0.39, 0.29) is 5.78 Å². The largest absolute Gasteiger partial charge is 0.497 e. The van der Waals surface area contributed by atoms with Crippen LogP contribution >= 0.6 is 0 Å². The predicted molar refractivity (Wildman–Crippen MR) is 74.9 cm³/mol. The highest BCUT2D eigenvalue weighted by atomic mass is 16.5. The number of ether oxygens (including phenoxy) is 1. The summed E-state index contributed by atoms with van der Waals surface area (Å²) in [6.45, 7) is 4.06. The van der Waals surface area contributed by atoms with E-state index < -0.39 is 5.92 Å². The van der Waals surface area contributed by atoms with Gasteiger partial charge in [-0.1, -0.05) is 26.0 Å². The monoisotopic (exact) mass is 259 g/mol. The standard InChI is InChI=1S/C16H21NO2/c1-12(2)10-14(11-17)16(18)9-6-13-4-7-15(19-3)8-5-13/h4-5,7-8,12,14H,6,9-10H2,1-3H3. The molecule has 1 atom stereocenters. The summed E-state index contributed by atoms with van der Waals surface area (Å²) in [6, 6.07) is 9.80. The first-order valence-electron chi connectivity index (χ1n) is 6.62. The van der Waals surface area contributed by atoms with Gasteiger partial charge < -0.3 is 4.74 Å². The van der Waals surface area contributed by atoms with Crippen molar-refractivity contribution < 1.29 is 9.53 Å². The maximum atomic E-state index is 12.0. The molecular formula is C16H21NO2. The third-order valence-corrected chi connectivity index (χ3v) is 3.07. The van der Waals surface area contributed by atoms with Crippen molar-refractivity contribution in [2.75, 3.05) is 7.11 Å². The van der Waals surface area contributed by atoms with Crippen LogP contribution in [0.4, 0.5) is 0 Å². The number of hydrogen-bond acceptors (Lipinski definition) is 3. The molecule has 102 valence electrons. The van der Waals surface area contributed by atoms with Crippen LogP contribution in [0.3, 0.4) is 0 Å². The molecule has 0 aliphatic carbocycles. The van der Waals surface area contributed by atoms with Crippen molar-refractivity contribution in [3.63, 3.8) is 0 Å². The van der Waals surface area contributed by atoms with Crippen molar-refractivity contribution in [2.45, 2.75) is 33.1 Å². The van der Waals surface area contributed by atoms with Gasteiger partial charge in [-0.05, 0) is 36.5 Å². The summed E-state index contributed by atoms with van der Waals surface area (Å²) < 4.78 is 5.08. The molecule has 1 rings (SSSR count). The number of carbonyl (C=O) groups excluding carboxylic acids is 1. The summed E-state index contributed by atoms with van der Waals surface area (Å²) in [5, 5.41) is 9.02. The molecule has 1 aromatic rings. The zero-order valence-corrected chi connectivity index (χ0v) is 11.8.